The van der Waals surface area contributed by atoms with Gasteiger partial charge in [0.2, 0.25) is 11.6 Å². The third-order valence-electron chi connectivity index (χ3n) is 3.30. The number of rotatable bonds is 1. The van der Waals surface area contributed by atoms with Gasteiger partial charge in [-0.3, -0.25) is 9.59 Å². The lowest BCUT2D eigenvalue weighted by molar-refractivity contribution is -0.145. The minimum absolute atomic E-state index is 0.143. The van der Waals surface area contributed by atoms with Gasteiger partial charge >= 0.3 is 6.18 Å². The maximum atomic E-state index is 12.6. The molecule has 0 saturated heterocycles. The quantitative estimate of drug-likeness (QED) is 0.747. The van der Waals surface area contributed by atoms with Crippen molar-refractivity contribution in [1.82, 2.24) is 15.3 Å². The van der Waals surface area contributed by atoms with Crippen molar-refractivity contribution in [2.75, 3.05) is 7.05 Å². The van der Waals surface area contributed by atoms with Crippen LogP contribution in [0.5, 0.6) is 0 Å². The molecule has 1 amide bonds. The number of fused-ring (bicyclic) bond motifs is 3. The van der Waals surface area contributed by atoms with Crippen molar-refractivity contribution in [3.63, 3.8) is 0 Å². The Morgan fingerprint density at radius 2 is 1.91 bits per heavy atom. The van der Waals surface area contributed by atoms with Crippen LogP contribution in [-0.2, 0) is 6.18 Å². The summed E-state index contributed by atoms with van der Waals surface area (Å²) < 4.78 is 37.9. The van der Waals surface area contributed by atoms with Crippen LogP contribution in [0.2, 0.25) is 0 Å². The number of carbonyl (C=O) groups is 2. The van der Waals surface area contributed by atoms with E-state index in [1.54, 1.807) is 0 Å². The van der Waals surface area contributed by atoms with Gasteiger partial charge in [-0.1, -0.05) is 6.07 Å². The molecule has 8 heteroatoms. The highest BCUT2D eigenvalue weighted by Crippen LogP contribution is 2.37. The summed E-state index contributed by atoms with van der Waals surface area (Å²) in [5.41, 5.74) is 0.736. The smallest absolute Gasteiger partial charge is 0.355 e. The molecular formula is C14H8F3N3O2. The molecule has 1 aromatic carbocycles. The third kappa shape index (κ3) is 2.03. The molecule has 0 spiro atoms. The van der Waals surface area contributed by atoms with Crippen LogP contribution in [0.1, 0.15) is 32.2 Å². The first-order valence-electron chi connectivity index (χ1n) is 6.18. The van der Waals surface area contributed by atoms with E-state index in [9.17, 15) is 22.8 Å². The van der Waals surface area contributed by atoms with Crippen LogP contribution in [0, 0.1) is 0 Å². The van der Waals surface area contributed by atoms with E-state index >= 15 is 0 Å². The number of hydrogen-bond acceptors (Lipinski definition) is 4. The van der Waals surface area contributed by atoms with Crippen LogP contribution in [0.15, 0.2) is 24.4 Å². The van der Waals surface area contributed by atoms with E-state index in [1.807, 2.05) is 0 Å². The number of benzene rings is 1. The summed E-state index contributed by atoms with van der Waals surface area (Å²) in [5, 5.41) is 2.41. The van der Waals surface area contributed by atoms with Crippen molar-refractivity contribution in [1.29, 1.82) is 0 Å². The van der Waals surface area contributed by atoms with Gasteiger partial charge in [0.1, 0.15) is 5.69 Å². The molecule has 1 heterocycles. The molecule has 1 N–H and O–H groups in total. The van der Waals surface area contributed by atoms with Crippen molar-refractivity contribution in [3.8, 4) is 11.1 Å². The standard InChI is InChI=1S/C14H8F3N3O2/c1-18-12(22)6-2-3-7-8(4-6)11(21)10-9(7)5-19-13(20-10)14(15,16)17/h2-5H,1H3,(H,18,22). The molecule has 1 aliphatic carbocycles. The van der Waals surface area contributed by atoms with Gasteiger partial charge in [0.05, 0.1) is 0 Å². The van der Waals surface area contributed by atoms with Gasteiger partial charge < -0.3 is 5.32 Å². The Hall–Kier alpha value is -2.77. The topological polar surface area (TPSA) is 72.0 Å². The van der Waals surface area contributed by atoms with E-state index in [0.717, 1.165) is 6.20 Å². The highest BCUT2D eigenvalue weighted by Gasteiger charge is 2.38. The van der Waals surface area contributed by atoms with E-state index in [-0.39, 0.29) is 22.4 Å². The maximum absolute atomic E-state index is 12.6. The number of carbonyl (C=O) groups excluding carboxylic acids is 2. The average Bonchev–Trinajstić information content (AvgIpc) is 2.78. The predicted molar refractivity (Wildman–Crippen MR) is 69.3 cm³/mol. The normalized spacial score (nSPS) is 12.8. The van der Waals surface area contributed by atoms with Crippen molar-refractivity contribution in [2.45, 2.75) is 6.18 Å². The van der Waals surface area contributed by atoms with E-state index in [4.69, 9.17) is 0 Å². The number of amides is 1. The number of hydrogen-bond donors (Lipinski definition) is 1. The van der Waals surface area contributed by atoms with Gasteiger partial charge in [-0.05, 0) is 17.7 Å². The Morgan fingerprint density at radius 1 is 1.18 bits per heavy atom. The number of nitrogens with zero attached hydrogens (tertiary/aromatic N) is 2. The highest BCUT2D eigenvalue weighted by atomic mass is 19.4. The number of halogens is 3. The fourth-order valence-corrected chi connectivity index (χ4v) is 2.27. The van der Waals surface area contributed by atoms with Gasteiger partial charge in [0.15, 0.2) is 0 Å². The van der Waals surface area contributed by atoms with E-state index in [1.165, 1.54) is 25.2 Å². The zero-order valence-electron chi connectivity index (χ0n) is 11.2. The Bertz CT molecular complexity index is 815. The summed E-state index contributed by atoms with van der Waals surface area (Å²) >= 11 is 0. The molecule has 0 radical (unpaired) electrons. The van der Waals surface area contributed by atoms with Gasteiger partial charge in [0.25, 0.3) is 5.91 Å². The molecule has 0 aliphatic heterocycles. The third-order valence-corrected chi connectivity index (χ3v) is 3.30. The first kappa shape index (κ1) is 14.2. The molecule has 5 nitrogen and oxygen atoms in total. The summed E-state index contributed by atoms with van der Waals surface area (Å²) in [4.78, 5) is 30.4. The van der Waals surface area contributed by atoms with E-state index < -0.39 is 23.7 Å². The molecule has 0 bridgehead atoms. The average molecular weight is 307 g/mol. The number of aromatic nitrogens is 2. The molecule has 0 fully saturated rings. The Balaban J connectivity index is 2.13. The molecule has 2 aromatic rings. The Kier molecular flexibility index (Phi) is 2.98. The molecule has 0 saturated carbocycles. The number of ketones is 1. The second kappa shape index (κ2) is 4.62. The van der Waals surface area contributed by atoms with E-state index in [0.29, 0.717) is 5.56 Å². The molecule has 22 heavy (non-hydrogen) atoms. The Morgan fingerprint density at radius 3 is 2.55 bits per heavy atom. The minimum atomic E-state index is -4.72. The highest BCUT2D eigenvalue weighted by molar-refractivity contribution is 6.21. The Labute approximate surface area is 122 Å². The summed E-state index contributed by atoms with van der Waals surface area (Å²) in [6.45, 7) is 0. The van der Waals surface area contributed by atoms with Crippen LogP contribution < -0.4 is 5.32 Å². The van der Waals surface area contributed by atoms with Crippen molar-refractivity contribution in [3.05, 3.63) is 47.0 Å². The largest absolute Gasteiger partial charge is 0.451 e. The van der Waals surface area contributed by atoms with Gasteiger partial charge in [-0.2, -0.15) is 13.2 Å². The summed E-state index contributed by atoms with van der Waals surface area (Å²) in [5.74, 6) is -2.41. The zero-order valence-corrected chi connectivity index (χ0v) is 11.2. The summed E-state index contributed by atoms with van der Waals surface area (Å²) in [7, 11) is 1.44. The lowest BCUT2D eigenvalue weighted by atomic mass is 10.0. The van der Waals surface area contributed by atoms with Gasteiger partial charge in [0, 0.05) is 29.9 Å². The van der Waals surface area contributed by atoms with Crippen LogP contribution in [0.3, 0.4) is 0 Å². The van der Waals surface area contributed by atoms with Crippen molar-refractivity contribution >= 4 is 11.7 Å². The van der Waals surface area contributed by atoms with Crippen molar-refractivity contribution < 1.29 is 22.8 Å². The van der Waals surface area contributed by atoms with Crippen molar-refractivity contribution in [2.24, 2.45) is 0 Å². The second-order valence-corrected chi connectivity index (χ2v) is 4.62. The number of alkyl halides is 3. The minimum Gasteiger partial charge on any atom is -0.355 e. The lowest BCUT2D eigenvalue weighted by Gasteiger charge is -2.05. The lowest BCUT2D eigenvalue weighted by Crippen LogP contribution is -2.18. The summed E-state index contributed by atoms with van der Waals surface area (Å²) in [6, 6.07) is 4.32. The van der Waals surface area contributed by atoms with E-state index in [2.05, 4.69) is 15.3 Å². The monoisotopic (exact) mass is 307 g/mol. The molecule has 1 aromatic heterocycles. The zero-order chi connectivity index (χ0) is 16.1. The van der Waals surface area contributed by atoms with Gasteiger partial charge in [-0.25, -0.2) is 9.97 Å². The first-order valence-corrected chi connectivity index (χ1v) is 6.18. The molecule has 0 atom stereocenters. The predicted octanol–water partition coefficient (Wildman–Crippen LogP) is 2.07. The second-order valence-electron chi connectivity index (χ2n) is 4.62. The summed E-state index contributed by atoms with van der Waals surface area (Å²) in [6.07, 6.45) is -3.74. The molecule has 3 rings (SSSR count). The van der Waals surface area contributed by atoms with Gasteiger partial charge in [-0.15, -0.1) is 0 Å². The SMILES string of the molecule is CNC(=O)c1ccc2c(c1)C(=O)c1nc(C(F)(F)F)ncc1-2. The van der Waals surface area contributed by atoms with Crippen LogP contribution in [-0.4, -0.2) is 28.7 Å². The maximum Gasteiger partial charge on any atom is 0.451 e. The molecular weight excluding hydrogens is 299 g/mol. The fraction of sp³-hybridized carbons (Fsp3) is 0.143. The van der Waals surface area contributed by atoms with Crippen LogP contribution >= 0.6 is 0 Å². The molecule has 112 valence electrons. The molecule has 0 unspecified atom stereocenters. The first-order chi connectivity index (χ1) is 10.3. The fourth-order valence-electron chi connectivity index (χ4n) is 2.27. The van der Waals surface area contributed by atoms with Crippen LogP contribution in [0.4, 0.5) is 13.2 Å². The molecule has 1 aliphatic rings. The van der Waals surface area contributed by atoms with Crippen LogP contribution in [0.25, 0.3) is 11.1 Å². The number of nitrogens with one attached hydrogen (secondary N) is 1.